The maximum Gasteiger partial charge on any atom is 0.356 e. The van der Waals surface area contributed by atoms with Gasteiger partial charge in [0, 0.05) is 21.3 Å². The van der Waals surface area contributed by atoms with Gasteiger partial charge < -0.3 is 5.11 Å². The molecule has 4 aromatic rings. The van der Waals surface area contributed by atoms with E-state index in [4.69, 9.17) is 0 Å². The Morgan fingerprint density at radius 1 is 1.25 bits per heavy atom. The number of rotatable bonds is 3. The van der Waals surface area contributed by atoms with Crippen molar-refractivity contribution in [1.82, 2.24) is 14.8 Å². The number of aryl methyl sites for hydroxylation is 1. The van der Waals surface area contributed by atoms with Crippen LogP contribution in [0.2, 0.25) is 0 Å². The third-order valence-electron chi connectivity index (χ3n) is 4.95. The molecule has 0 spiro atoms. The van der Waals surface area contributed by atoms with Gasteiger partial charge in [-0.1, -0.05) is 25.1 Å². The average Bonchev–Trinajstić information content (AvgIpc) is 3.27. The van der Waals surface area contributed by atoms with Gasteiger partial charge in [-0.15, -0.1) is 23.1 Å². The highest BCUT2D eigenvalue weighted by molar-refractivity contribution is 7.99. The first-order chi connectivity index (χ1) is 13.6. The maximum atomic E-state index is 12.0. The predicted molar refractivity (Wildman–Crippen MR) is 113 cm³/mol. The van der Waals surface area contributed by atoms with E-state index in [1.165, 1.54) is 0 Å². The first kappa shape index (κ1) is 17.5. The van der Waals surface area contributed by atoms with Crippen molar-refractivity contribution < 1.29 is 9.90 Å². The van der Waals surface area contributed by atoms with Crippen molar-refractivity contribution in [2.45, 2.75) is 30.4 Å². The Morgan fingerprint density at radius 2 is 2.07 bits per heavy atom. The molecule has 1 aliphatic heterocycles. The summed E-state index contributed by atoms with van der Waals surface area (Å²) < 4.78 is 2.87. The van der Waals surface area contributed by atoms with Crippen molar-refractivity contribution in [3.63, 3.8) is 0 Å². The van der Waals surface area contributed by atoms with E-state index in [-0.39, 0.29) is 10.9 Å². The Morgan fingerprint density at radius 3 is 2.86 bits per heavy atom. The Hall–Kier alpha value is -2.64. The summed E-state index contributed by atoms with van der Waals surface area (Å²) in [6.45, 7) is 4.08. The molecule has 5 nitrogen and oxygen atoms in total. The van der Waals surface area contributed by atoms with Gasteiger partial charge in [0.2, 0.25) is 0 Å². The molecule has 1 unspecified atom stereocenters. The Bertz CT molecular complexity index is 1240. The van der Waals surface area contributed by atoms with Gasteiger partial charge in [-0.25, -0.2) is 14.5 Å². The second-order valence-electron chi connectivity index (χ2n) is 6.72. The molecule has 2 aromatic carbocycles. The minimum absolute atomic E-state index is 0.0686. The molecule has 7 heteroatoms. The van der Waals surface area contributed by atoms with E-state index in [1.807, 2.05) is 43.3 Å². The van der Waals surface area contributed by atoms with Crippen LogP contribution in [0.4, 0.5) is 0 Å². The Balaban J connectivity index is 1.83. The number of hydrogen-bond acceptors (Lipinski definition) is 5. The fourth-order valence-electron chi connectivity index (χ4n) is 3.76. The smallest absolute Gasteiger partial charge is 0.356 e. The van der Waals surface area contributed by atoms with Gasteiger partial charge in [0.1, 0.15) is 0 Å². The monoisotopic (exact) mass is 407 g/mol. The highest BCUT2D eigenvalue weighted by atomic mass is 32.2. The van der Waals surface area contributed by atoms with Gasteiger partial charge in [-0.05, 0) is 37.6 Å². The van der Waals surface area contributed by atoms with Crippen LogP contribution in [-0.4, -0.2) is 25.8 Å². The second kappa shape index (κ2) is 6.46. The van der Waals surface area contributed by atoms with Crippen molar-refractivity contribution in [3.8, 4) is 16.9 Å². The summed E-state index contributed by atoms with van der Waals surface area (Å²) in [5, 5.41) is 15.5. The number of carbonyl (C=O) groups is 1. The summed E-state index contributed by atoms with van der Waals surface area (Å²) in [5.74, 6) is -0.983. The van der Waals surface area contributed by atoms with Gasteiger partial charge in [0.25, 0.3) is 0 Å². The first-order valence-corrected chi connectivity index (χ1v) is 10.8. The zero-order valence-corrected chi connectivity index (χ0v) is 17.0. The van der Waals surface area contributed by atoms with E-state index in [0.29, 0.717) is 0 Å². The number of benzene rings is 2. The summed E-state index contributed by atoms with van der Waals surface area (Å²) >= 11 is 3.35. The number of thioether (sulfide) groups is 1. The number of carboxylic acids is 1. The molecular formula is C21H17N3O2S2. The van der Waals surface area contributed by atoms with Crippen molar-refractivity contribution in [2.75, 3.05) is 0 Å². The van der Waals surface area contributed by atoms with Crippen LogP contribution in [0.1, 0.15) is 39.7 Å². The molecule has 0 saturated heterocycles. The lowest BCUT2D eigenvalue weighted by atomic mass is 10.00. The Kier molecular flexibility index (Phi) is 4.03. The minimum atomic E-state index is -0.983. The summed E-state index contributed by atoms with van der Waals surface area (Å²) in [7, 11) is 0. The van der Waals surface area contributed by atoms with Gasteiger partial charge in [0.05, 0.1) is 26.6 Å². The van der Waals surface area contributed by atoms with Gasteiger partial charge >= 0.3 is 5.97 Å². The van der Waals surface area contributed by atoms with E-state index in [2.05, 4.69) is 23.1 Å². The molecule has 1 atom stereocenters. The molecule has 0 radical (unpaired) electrons. The van der Waals surface area contributed by atoms with Crippen LogP contribution < -0.4 is 0 Å². The van der Waals surface area contributed by atoms with Crippen LogP contribution in [0.5, 0.6) is 0 Å². The van der Waals surface area contributed by atoms with E-state index in [0.717, 1.165) is 49.0 Å². The molecule has 1 aliphatic rings. The van der Waals surface area contributed by atoms with Crippen LogP contribution >= 0.6 is 23.1 Å². The van der Waals surface area contributed by atoms with E-state index < -0.39 is 5.97 Å². The highest BCUT2D eigenvalue weighted by Gasteiger charge is 2.34. The lowest BCUT2D eigenvalue weighted by Crippen LogP contribution is -2.07. The largest absolute Gasteiger partial charge is 0.476 e. The zero-order chi connectivity index (χ0) is 19.4. The Labute approximate surface area is 170 Å². The number of fused-ring (bicyclic) bond motifs is 4. The lowest BCUT2D eigenvalue weighted by Gasteiger charge is -2.24. The van der Waals surface area contributed by atoms with Crippen molar-refractivity contribution >= 4 is 39.3 Å². The lowest BCUT2D eigenvalue weighted by molar-refractivity contribution is 0.0688. The zero-order valence-electron chi connectivity index (χ0n) is 15.3. The van der Waals surface area contributed by atoms with Gasteiger partial charge in [-0.2, -0.15) is 5.10 Å². The summed E-state index contributed by atoms with van der Waals surface area (Å²) in [5.41, 5.74) is 4.69. The molecule has 5 rings (SSSR count). The van der Waals surface area contributed by atoms with Crippen LogP contribution in [-0.2, 0) is 0 Å². The third kappa shape index (κ3) is 2.57. The molecule has 3 heterocycles. The van der Waals surface area contributed by atoms with Gasteiger partial charge in [0.15, 0.2) is 5.69 Å². The van der Waals surface area contributed by atoms with Crippen LogP contribution in [0.25, 0.3) is 27.2 Å². The molecule has 0 bridgehead atoms. The third-order valence-corrected chi connectivity index (χ3v) is 7.35. The number of carboxylic acid groups (broad SMARTS) is 1. The molecule has 0 amide bonds. The molecular weight excluding hydrogens is 390 g/mol. The SMILES string of the molecule is CCC1Sc2ccccc2-c2c1c(C(=O)O)nn2-c1ccc2nc(C)sc2c1. The van der Waals surface area contributed by atoms with Crippen molar-refractivity contribution in [3.05, 3.63) is 58.7 Å². The topological polar surface area (TPSA) is 68.0 Å². The number of nitrogens with zero attached hydrogens (tertiary/aromatic N) is 3. The maximum absolute atomic E-state index is 12.0. The normalized spacial score (nSPS) is 15.4. The van der Waals surface area contributed by atoms with Crippen molar-refractivity contribution in [1.29, 1.82) is 0 Å². The fourth-order valence-corrected chi connectivity index (χ4v) is 5.89. The molecule has 1 N–H and O–H groups in total. The second-order valence-corrected chi connectivity index (χ2v) is 9.20. The molecule has 0 aliphatic carbocycles. The number of aromatic nitrogens is 3. The predicted octanol–water partition coefficient (Wildman–Crippen LogP) is 5.71. The average molecular weight is 408 g/mol. The first-order valence-electron chi connectivity index (χ1n) is 9.06. The summed E-state index contributed by atoms with van der Waals surface area (Å²) in [6, 6.07) is 14.1. The quantitative estimate of drug-likeness (QED) is 0.471. The van der Waals surface area contributed by atoms with E-state index in [1.54, 1.807) is 27.8 Å². The number of aromatic carboxylic acids is 1. The molecule has 0 fully saturated rings. The van der Waals surface area contributed by atoms with Crippen LogP contribution in [0.15, 0.2) is 47.4 Å². The van der Waals surface area contributed by atoms with E-state index in [9.17, 15) is 9.90 Å². The standard InChI is InChI=1S/C21H17N3O2S2/c1-3-15-18-19(21(25)26)23-24(20(18)13-6-4-5-7-16(13)28-15)12-8-9-14-17(10-12)27-11(2)22-14/h4-10,15H,3H2,1-2H3,(H,25,26). The number of hydrogen-bond donors (Lipinski definition) is 1. The molecule has 28 heavy (non-hydrogen) atoms. The molecule has 140 valence electrons. The fraction of sp³-hybridized carbons (Fsp3) is 0.190. The van der Waals surface area contributed by atoms with E-state index >= 15 is 0 Å². The van der Waals surface area contributed by atoms with Crippen LogP contribution in [0.3, 0.4) is 0 Å². The van der Waals surface area contributed by atoms with Gasteiger partial charge in [-0.3, -0.25) is 0 Å². The highest BCUT2D eigenvalue weighted by Crippen LogP contribution is 2.52. The van der Waals surface area contributed by atoms with Crippen molar-refractivity contribution in [2.24, 2.45) is 0 Å². The summed E-state index contributed by atoms with van der Waals surface area (Å²) in [4.78, 5) is 17.7. The summed E-state index contributed by atoms with van der Waals surface area (Å²) in [6.07, 6.45) is 0.838. The minimum Gasteiger partial charge on any atom is -0.476 e. The number of thiazole rings is 1. The molecule has 2 aromatic heterocycles. The molecule has 0 saturated carbocycles. The van der Waals surface area contributed by atoms with Crippen LogP contribution in [0, 0.1) is 6.92 Å².